The topological polar surface area (TPSA) is 66.6 Å². The molecule has 1 aliphatic heterocycles. The first-order chi connectivity index (χ1) is 7.88. The van der Waals surface area contributed by atoms with Crippen LogP contribution in [0.1, 0.15) is 26.7 Å². The highest BCUT2D eigenvalue weighted by Crippen LogP contribution is 2.16. The summed E-state index contributed by atoms with van der Waals surface area (Å²) in [4.78, 5) is 27.2. The molecule has 1 fully saturated rings. The minimum atomic E-state index is -0.597. The van der Waals surface area contributed by atoms with Crippen molar-refractivity contribution in [3.05, 3.63) is 0 Å². The predicted molar refractivity (Wildman–Crippen MR) is 66.3 cm³/mol. The first-order valence-corrected chi connectivity index (χ1v) is 6.12. The highest BCUT2D eigenvalue weighted by atomic mass is 16.2. The van der Waals surface area contributed by atoms with Crippen molar-refractivity contribution in [3.63, 3.8) is 0 Å². The van der Waals surface area contributed by atoms with Gasteiger partial charge in [-0.15, -0.1) is 0 Å². The number of rotatable bonds is 4. The van der Waals surface area contributed by atoms with Crippen LogP contribution in [-0.4, -0.2) is 54.8 Å². The molecule has 2 amide bonds. The van der Waals surface area contributed by atoms with Gasteiger partial charge in [0.25, 0.3) is 0 Å². The van der Waals surface area contributed by atoms with Crippen LogP contribution in [0.2, 0.25) is 0 Å². The lowest BCUT2D eigenvalue weighted by Gasteiger charge is -2.29. The van der Waals surface area contributed by atoms with Crippen LogP contribution < -0.4 is 5.73 Å². The summed E-state index contributed by atoms with van der Waals surface area (Å²) in [6.07, 6.45) is 2.13. The molecular formula is C12H23N3O2. The lowest BCUT2D eigenvalue weighted by Crippen LogP contribution is -2.47. The molecule has 0 spiro atoms. The Morgan fingerprint density at radius 2 is 1.82 bits per heavy atom. The van der Waals surface area contributed by atoms with Gasteiger partial charge in [-0.1, -0.05) is 0 Å². The Bertz CT molecular complexity index is 296. The third-order valence-electron chi connectivity index (χ3n) is 3.27. The van der Waals surface area contributed by atoms with Crippen molar-refractivity contribution >= 4 is 11.8 Å². The Morgan fingerprint density at radius 1 is 1.29 bits per heavy atom. The van der Waals surface area contributed by atoms with E-state index in [1.807, 2.05) is 4.90 Å². The molecule has 1 saturated heterocycles. The zero-order chi connectivity index (χ0) is 13.1. The van der Waals surface area contributed by atoms with Crippen molar-refractivity contribution in [1.82, 2.24) is 9.80 Å². The molecule has 17 heavy (non-hydrogen) atoms. The van der Waals surface area contributed by atoms with Crippen LogP contribution in [-0.2, 0) is 9.59 Å². The maximum Gasteiger partial charge on any atom is 0.242 e. The van der Waals surface area contributed by atoms with Gasteiger partial charge >= 0.3 is 0 Å². The molecule has 1 rings (SSSR count). The standard InChI is InChI=1S/C12H23N3O2/c1-12(2,9-13)11(17)14(3)8-10(16)15-6-4-5-7-15/h4-9,13H2,1-3H3. The first kappa shape index (κ1) is 14.0. The molecule has 0 bridgehead atoms. The summed E-state index contributed by atoms with van der Waals surface area (Å²) in [6.45, 7) is 5.68. The Hall–Kier alpha value is -1.10. The Kier molecular flexibility index (Phi) is 4.51. The minimum absolute atomic E-state index is 0.0335. The van der Waals surface area contributed by atoms with E-state index in [9.17, 15) is 9.59 Å². The zero-order valence-corrected chi connectivity index (χ0v) is 11.0. The number of hydrogen-bond acceptors (Lipinski definition) is 3. The fraction of sp³-hybridized carbons (Fsp3) is 0.833. The largest absolute Gasteiger partial charge is 0.341 e. The molecule has 5 nitrogen and oxygen atoms in total. The summed E-state index contributed by atoms with van der Waals surface area (Å²) < 4.78 is 0. The molecule has 0 aromatic rings. The third-order valence-corrected chi connectivity index (χ3v) is 3.27. The van der Waals surface area contributed by atoms with Crippen LogP contribution in [0.5, 0.6) is 0 Å². The van der Waals surface area contributed by atoms with Gasteiger partial charge in [-0.3, -0.25) is 9.59 Å². The number of likely N-dealkylation sites (N-methyl/N-ethyl adjacent to an activating group) is 1. The van der Waals surface area contributed by atoms with E-state index in [2.05, 4.69) is 0 Å². The molecule has 98 valence electrons. The summed E-state index contributed by atoms with van der Waals surface area (Å²) in [5, 5.41) is 0. The van der Waals surface area contributed by atoms with Gasteiger partial charge in [0.1, 0.15) is 0 Å². The summed E-state index contributed by atoms with van der Waals surface area (Å²) in [7, 11) is 1.66. The smallest absolute Gasteiger partial charge is 0.242 e. The maximum absolute atomic E-state index is 12.0. The molecule has 2 N–H and O–H groups in total. The van der Waals surface area contributed by atoms with Gasteiger partial charge < -0.3 is 15.5 Å². The van der Waals surface area contributed by atoms with Crippen molar-refractivity contribution in [3.8, 4) is 0 Å². The second-order valence-corrected chi connectivity index (χ2v) is 5.34. The lowest BCUT2D eigenvalue weighted by molar-refractivity contribution is -0.144. The number of hydrogen-bond donors (Lipinski definition) is 1. The van der Waals surface area contributed by atoms with E-state index in [1.54, 1.807) is 20.9 Å². The van der Waals surface area contributed by atoms with Crippen molar-refractivity contribution < 1.29 is 9.59 Å². The molecule has 0 aromatic heterocycles. The van der Waals surface area contributed by atoms with E-state index >= 15 is 0 Å². The van der Waals surface area contributed by atoms with Crippen molar-refractivity contribution in [1.29, 1.82) is 0 Å². The van der Waals surface area contributed by atoms with Crippen molar-refractivity contribution in [2.45, 2.75) is 26.7 Å². The number of amides is 2. The van der Waals surface area contributed by atoms with Gasteiger partial charge in [-0.2, -0.15) is 0 Å². The van der Waals surface area contributed by atoms with Crippen LogP contribution in [0, 0.1) is 5.41 Å². The second kappa shape index (κ2) is 5.49. The number of likely N-dealkylation sites (tertiary alicyclic amines) is 1. The number of carbonyl (C=O) groups is 2. The monoisotopic (exact) mass is 241 g/mol. The molecule has 1 aliphatic rings. The SMILES string of the molecule is CN(CC(=O)N1CCCC1)C(=O)C(C)(C)CN. The van der Waals surface area contributed by atoms with Crippen LogP contribution in [0.3, 0.4) is 0 Å². The maximum atomic E-state index is 12.0. The fourth-order valence-corrected chi connectivity index (χ4v) is 1.95. The second-order valence-electron chi connectivity index (χ2n) is 5.34. The first-order valence-electron chi connectivity index (χ1n) is 6.12. The average Bonchev–Trinajstić information content (AvgIpc) is 2.81. The zero-order valence-electron chi connectivity index (χ0n) is 11.0. The number of nitrogens with zero attached hydrogens (tertiary/aromatic N) is 2. The lowest BCUT2D eigenvalue weighted by atomic mass is 9.92. The van der Waals surface area contributed by atoms with Gasteiger partial charge in [0.05, 0.1) is 12.0 Å². The van der Waals surface area contributed by atoms with Gasteiger partial charge in [-0.25, -0.2) is 0 Å². The van der Waals surface area contributed by atoms with E-state index in [0.717, 1.165) is 25.9 Å². The van der Waals surface area contributed by atoms with E-state index in [-0.39, 0.29) is 24.9 Å². The normalized spacial score (nSPS) is 16.1. The van der Waals surface area contributed by atoms with Crippen LogP contribution >= 0.6 is 0 Å². The highest BCUT2D eigenvalue weighted by Gasteiger charge is 2.30. The van der Waals surface area contributed by atoms with Gasteiger partial charge in [0.2, 0.25) is 11.8 Å². The quantitative estimate of drug-likeness (QED) is 0.756. The highest BCUT2D eigenvalue weighted by molar-refractivity contribution is 5.87. The van der Waals surface area contributed by atoms with Gasteiger partial charge in [0.15, 0.2) is 0 Å². The van der Waals surface area contributed by atoms with Gasteiger partial charge in [-0.05, 0) is 26.7 Å². The van der Waals surface area contributed by atoms with E-state index in [4.69, 9.17) is 5.73 Å². The molecule has 0 saturated carbocycles. The molecule has 0 aliphatic carbocycles. The minimum Gasteiger partial charge on any atom is -0.341 e. The predicted octanol–water partition coefficient (Wildman–Crippen LogP) is 0.0521. The molecule has 1 heterocycles. The van der Waals surface area contributed by atoms with E-state index in [1.165, 1.54) is 4.90 Å². The summed E-state index contributed by atoms with van der Waals surface area (Å²) in [6, 6.07) is 0. The molecule has 0 aromatic carbocycles. The Labute approximate surface area is 103 Å². The molecule has 0 radical (unpaired) electrons. The summed E-state index contributed by atoms with van der Waals surface area (Å²) in [5.41, 5.74) is 4.96. The van der Waals surface area contributed by atoms with Crippen LogP contribution in [0.15, 0.2) is 0 Å². The molecular weight excluding hydrogens is 218 g/mol. The van der Waals surface area contributed by atoms with Crippen molar-refractivity contribution in [2.75, 3.05) is 33.2 Å². The van der Waals surface area contributed by atoms with E-state index < -0.39 is 5.41 Å². The fourth-order valence-electron chi connectivity index (χ4n) is 1.95. The summed E-state index contributed by atoms with van der Waals surface area (Å²) in [5.74, 6) is -0.0429. The van der Waals surface area contributed by atoms with Crippen LogP contribution in [0.4, 0.5) is 0 Å². The van der Waals surface area contributed by atoms with Crippen molar-refractivity contribution in [2.24, 2.45) is 11.1 Å². The molecule has 5 heteroatoms. The number of nitrogens with two attached hydrogens (primary N) is 1. The Morgan fingerprint density at radius 3 is 2.29 bits per heavy atom. The molecule has 0 atom stereocenters. The van der Waals surface area contributed by atoms with Gasteiger partial charge in [0, 0.05) is 26.7 Å². The third kappa shape index (κ3) is 3.43. The Balaban J connectivity index is 2.50. The van der Waals surface area contributed by atoms with E-state index in [0.29, 0.717) is 0 Å². The average molecular weight is 241 g/mol. The number of carbonyl (C=O) groups excluding carboxylic acids is 2. The van der Waals surface area contributed by atoms with Crippen LogP contribution in [0.25, 0.3) is 0 Å². The summed E-state index contributed by atoms with van der Waals surface area (Å²) >= 11 is 0. The molecule has 0 unspecified atom stereocenters.